The van der Waals surface area contributed by atoms with E-state index in [9.17, 15) is 9.18 Å². The van der Waals surface area contributed by atoms with Gasteiger partial charge in [0.25, 0.3) is 0 Å². The Morgan fingerprint density at radius 2 is 1.95 bits per heavy atom. The summed E-state index contributed by atoms with van der Waals surface area (Å²) in [6.45, 7) is 0. The number of ether oxygens (including phenoxy) is 1. The summed E-state index contributed by atoms with van der Waals surface area (Å²) in [5.41, 5.74) is 0.904. The third-order valence-electron chi connectivity index (χ3n) is 2.43. The molecule has 0 unspecified atom stereocenters. The summed E-state index contributed by atoms with van der Waals surface area (Å²) in [5.74, 6) is -1.10. The van der Waals surface area contributed by atoms with E-state index >= 15 is 0 Å². The number of hydrogen-bond acceptors (Lipinski definition) is 3. The molecule has 0 fully saturated rings. The van der Waals surface area contributed by atoms with Gasteiger partial charge in [-0.25, -0.2) is 14.2 Å². The highest BCUT2D eigenvalue weighted by Gasteiger charge is 2.15. The zero-order valence-corrected chi connectivity index (χ0v) is 11.3. The fourth-order valence-electron chi connectivity index (χ4n) is 1.53. The number of pyridine rings is 1. The van der Waals surface area contributed by atoms with Crippen molar-refractivity contribution in [3.63, 3.8) is 0 Å². The maximum absolute atomic E-state index is 13.0. The van der Waals surface area contributed by atoms with Crippen molar-refractivity contribution in [2.75, 3.05) is 7.11 Å². The number of aromatic nitrogens is 1. The van der Waals surface area contributed by atoms with E-state index in [-0.39, 0.29) is 15.7 Å². The van der Waals surface area contributed by atoms with Gasteiger partial charge in [-0.1, -0.05) is 23.2 Å². The molecule has 0 N–H and O–H groups in total. The third kappa shape index (κ3) is 2.85. The Bertz CT molecular complexity index is 647. The van der Waals surface area contributed by atoms with Crippen LogP contribution >= 0.6 is 23.2 Å². The van der Waals surface area contributed by atoms with Crippen LogP contribution in [0.25, 0.3) is 11.3 Å². The minimum Gasteiger partial charge on any atom is -0.464 e. The van der Waals surface area contributed by atoms with Gasteiger partial charge in [-0.05, 0) is 30.3 Å². The second-order valence-corrected chi connectivity index (χ2v) is 4.46. The maximum Gasteiger partial charge on any atom is 0.358 e. The Hall–Kier alpha value is -1.65. The van der Waals surface area contributed by atoms with Crippen molar-refractivity contribution in [3.05, 3.63) is 51.9 Å². The standard InChI is InChI=1S/C13H8Cl2FNO2/c1-19-13(18)12-9(14)4-5-11(17-12)8-3-2-7(16)6-10(8)15/h2-6H,1H3. The van der Waals surface area contributed by atoms with Crippen LogP contribution in [0.2, 0.25) is 10.0 Å². The number of esters is 1. The molecule has 0 saturated carbocycles. The molecule has 0 aliphatic carbocycles. The van der Waals surface area contributed by atoms with Crippen LogP contribution in [0, 0.1) is 5.82 Å². The summed E-state index contributed by atoms with van der Waals surface area (Å²) in [7, 11) is 1.23. The van der Waals surface area contributed by atoms with E-state index in [1.807, 2.05) is 0 Å². The molecule has 1 heterocycles. The highest BCUT2D eigenvalue weighted by Crippen LogP contribution is 2.29. The lowest BCUT2D eigenvalue weighted by atomic mass is 10.1. The first kappa shape index (κ1) is 13.8. The number of methoxy groups -OCH3 is 1. The number of benzene rings is 1. The lowest BCUT2D eigenvalue weighted by Crippen LogP contribution is -2.06. The number of carbonyl (C=O) groups is 1. The molecular weight excluding hydrogens is 292 g/mol. The van der Waals surface area contributed by atoms with Crippen molar-refractivity contribution in [2.45, 2.75) is 0 Å². The number of halogens is 3. The average Bonchev–Trinajstić information content (AvgIpc) is 2.39. The van der Waals surface area contributed by atoms with Crippen molar-refractivity contribution in [1.82, 2.24) is 4.98 Å². The first-order valence-electron chi connectivity index (χ1n) is 5.23. The summed E-state index contributed by atoms with van der Waals surface area (Å²) < 4.78 is 17.6. The van der Waals surface area contributed by atoms with Gasteiger partial charge in [-0.15, -0.1) is 0 Å². The monoisotopic (exact) mass is 299 g/mol. The highest BCUT2D eigenvalue weighted by molar-refractivity contribution is 6.34. The topological polar surface area (TPSA) is 39.2 Å². The van der Waals surface area contributed by atoms with Crippen LogP contribution in [-0.2, 0) is 4.74 Å². The predicted octanol–water partition coefficient (Wildman–Crippen LogP) is 3.98. The van der Waals surface area contributed by atoms with E-state index in [0.717, 1.165) is 0 Å². The lowest BCUT2D eigenvalue weighted by Gasteiger charge is -2.07. The zero-order chi connectivity index (χ0) is 14.0. The first-order chi connectivity index (χ1) is 9.02. The zero-order valence-electron chi connectivity index (χ0n) is 9.78. The van der Waals surface area contributed by atoms with Crippen molar-refractivity contribution in [1.29, 1.82) is 0 Å². The van der Waals surface area contributed by atoms with E-state index < -0.39 is 11.8 Å². The van der Waals surface area contributed by atoms with Crippen LogP contribution in [0.15, 0.2) is 30.3 Å². The van der Waals surface area contributed by atoms with Gasteiger partial charge in [0.05, 0.1) is 22.8 Å². The quantitative estimate of drug-likeness (QED) is 0.787. The largest absolute Gasteiger partial charge is 0.464 e. The van der Waals surface area contributed by atoms with Crippen molar-refractivity contribution < 1.29 is 13.9 Å². The molecule has 1 aromatic heterocycles. The van der Waals surface area contributed by atoms with E-state index in [0.29, 0.717) is 11.3 Å². The number of nitrogens with zero attached hydrogens (tertiary/aromatic N) is 1. The Labute approximate surface area is 118 Å². The van der Waals surface area contributed by atoms with Crippen LogP contribution in [0.4, 0.5) is 4.39 Å². The van der Waals surface area contributed by atoms with Crippen LogP contribution in [0.1, 0.15) is 10.5 Å². The van der Waals surface area contributed by atoms with E-state index in [4.69, 9.17) is 23.2 Å². The van der Waals surface area contributed by atoms with E-state index in [2.05, 4.69) is 9.72 Å². The normalized spacial score (nSPS) is 10.3. The smallest absolute Gasteiger partial charge is 0.358 e. The van der Waals surface area contributed by atoms with Crippen molar-refractivity contribution in [2.24, 2.45) is 0 Å². The molecule has 1 aromatic carbocycles. The minimum absolute atomic E-state index is 0.0120. The Balaban J connectivity index is 2.54. The fraction of sp³-hybridized carbons (Fsp3) is 0.0769. The summed E-state index contributed by atoms with van der Waals surface area (Å²) in [6, 6.07) is 7.01. The summed E-state index contributed by atoms with van der Waals surface area (Å²) in [6.07, 6.45) is 0. The molecule has 98 valence electrons. The van der Waals surface area contributed by atoms with Crippen LogP contribution in [-0.4, -0.2) is 18.1 Å². The lowest BCUT2D eigenvalue weighted by molar-refractivity contribution is 0.0594. The molecule has 0 amide bonds. The van der Waals surface area contributed by atoms with Gasteiger partial charge in [0, 0.05) is 5.56 Å². The molecule has 0 aliphatic heterocycles. The van der Waals surface area contributed by atoms with E-state index in [1.54, 1.807) is 6.07 Å². The number of rotatable bonds is 2. The molecule has 0 bridgehead atoms. The maximum atomic E-state index is 13.0. The summed E-state index contributed by atoms with van der Waals surface area (Å²) in [4.78, 5) is 15.6. The Morgan fingerprint density at radius 1 is 1.21 bits per heavy atom. The number of hydrogen-bond donors (Lipinski definition) is 0. The molecule has 0 radical (unpaired) electrons. The molecule has 0 atom stereocenters. The SMILES string of the molecule is COC(=O)c1nc(-c2ccc(F)cc2Cl)ccc1Cl. The molecule has 2 aromatic rings. The second-order valence-electron chi connectivity index (χ2n) is 3.64. The molecular formula is C13H8Cl2FNO2. The second kappa shape index (κ2) is 5.55. The molecule has 3 nitrogen and oxygen atoms in total. The van der Waals surface area contributed by atoms with Crippen LogP contribution in [0.5, 0.6) is 0 Å². The van der Waals surface area contributed by atoms with Crippen molar-refractivity contribution >= 4 is 29.2 Å². The number of carbonyl (C=O) groups excluding carboxylic acids is 1. The fourth-order valence-corrected chi connectivity index (χ4v) is 1.98. The van der Waals surface area contributed by atoms with Gasteiger partial charge in [0.15, 0.2) is 5.69 Å². The van der Waals surface area contributed by atoms with Gasteiger partial charge in [-0.3, -0.25) is 0 Å². The minimum atomic E-state index is -0.648. The molecule has 2 rings (SSSR count). The van der Waals surface area contributed by atoms with Gasteiger partial charge < -0.3 is 4.74 Å². The molecule has 0 saturated heterocycles. The summed E-state index contributed by atoms with van der Waals surface area (Å²) >= 11 is 11.8. The molecule has 19 heavy (non-hydrogen) atoms. The van der Waals surface area contributed by atoms with Crippen molar-refractivity contribution in [3.8, 4) is 11.3 Å². The molecule has 6 heteroatoms. The Morgan fingerprint density at radius 3 is 2.58 bits per heavy atom. The van der Waals surface area contributed by atoms with Gasteiger partial charge in [0.2, 0.25) is 0 Å². The van der Waals surface area contributed by atoms with Crippen LogP contribution in [0.3, 0.4) is 0 Å². The third-order valence-corrected chi connectivity index (χ3v) is 3.05. The average molecular weight is 300 g/mol. The Kier molecular flexibility index (Phi) is 4.02. The van der Waals surface area contributed by atoms with Gasteiger partial charge in [-0.2, -0.15) is 0 Å². The highest BCUT2D eigenvalue weighted by atomic mass is 35.5. The van der Waals surface area contributed by atoms with E-state index in [1.165, 1.54) is 31.4 Å². The molecule has 0 aliphatic rings. The first-order valence-corrected chi connectivity index (χ1v) is 5.99. The van der Waals surface area contributed by atoms with Gasteiger partial charge >= 0.3 is 5.97 Å². The van der Waals surface area contributed by atoms with Gasteiger partial charge in [0.1, 0.15) is 5.82 Å². The molecule has 0 spiro atoms. The predicted molar refractivity (Wildman–Crippen MR) is 71.0 cm³/mol. The summed E-state index contributed by atoms with van der Waals surface area (Å²) in [5, 5.41) is 0.375. The van der Waals surface area contributed by atoms with Crippen LogP contribution < -0.4 is 0 Å².